The molecule has 0 bridgehead atoms. The molecule has 1 atom stereocenters. The van der Waals surface area contributed by atoms with E-state index in [4.69, 9.17) is 5.73 Å². The molecule has 3 nitrogen and oxygen atoms in total. The SMILES string of the molecule is CC(C)(C)SCC(O)Cc1ccnc(N)c1. The summed E-state index contributed by atoms with van der Waals surface area (Å²) < 4.78 is 0.193. The lowest BCUT2D eigenvalue weighted by Crippen LogP contribution is -2.19. The van der Waals surface area contributed by atoms with Gasteiger partial charge in [0.05, 0.1) is 6.10 Å². The number of aromatic nitrogens is 1. The van der Waals surface area contributed by atoms with Gasteiger partial charge in [0, 0.05) is 16.7 Å². The first-order valence-corrected chi connectivity index (χ1v) is 6.38. The normalized spacial score (nSPS) is 13.8. The molecular weight excluding hydrogens is 220 g/mol. The minimum Gasteiger partial charge on any atom is -0.392 e. The third kappa shape index (κ3) is 5.37. The molecular formula is C12H20N2OS. The van der Waals surface area contributed by atoms with Gasteiger partial charge in [0.15, 0.2) is 0 Å². The summed E-state index contributed by atoms with van der Waals surface area (Å²) in [4.78, 5) is 3.92. The van der Waals surface area contributed by atoms with Gasteiger partial charge in [0.2, 0.25) is 0 Å². The minimum atomic E-state index is -0.328. The van der Waals surface area contributed by atoms with Gasteiger partial charge in [0.25, 0.3) is 0 Å². The molecule has 0 radical (unpaired) electrons. The zero-order valence-corrected chi connectivity index (χ0v) is 10.9. The first-order chi connectivity index (χ1) is 7.37. The van der Waals surface area contributed by atoms with Gasteiger partial charge in [-0.25, -0.2) is 4.98 Å². The molecule has 0 saturated carbocycles. The molecule has 3 N–H and O–H groups in total. The molecule has 0 amide bonds. The Morgan fingerprint density at radius 2 is 2.19 bits per heavy atom. The highest BCUT2D eigenvalue weighted by Gasteiger charge is 2.14. The highest BCUT2D eigenvalue weighted by atomic mass is 32.2. The summed E-state index contributed by atoms with van der Waals surface area (Å²) in [5, 5.41) is 9.87. The van der Waals surface area contributed by atoms with Crippen LogP contribution in [-0.4, -0.2) is 26.7 Å². The van der Waals surface area contributed by atoms with E-state index in [1.807, 2.05) is 12.1 Å². The Kier molecular flexibility index (Phi) is 4.62. The fraction of sp³-hybridized carbons (Fsp3) is 0.583. The molecule has 1 rings (SSSR count). The standard InChI is InChI=1S/C12H20N2OS/c1-12(2,3)16-8-10(15)6-9-4-5-14-11(13)7-9/h4-5,7,10,15H,6,8H2,1-3H3,(H2,13,14). The van der Waals surface area contributed by atoms with Gasteiger partial charge in [-0.05, 0) is 24.1 Å². The number of hydrogen-bond donors (Lipinski definition) is 2. The molecule has 0 fully saturated rings. The van der Waals surface area contributed by atoms with Crippen molar-refractivity contribution >= 4 is 17.6 Å². The van der Waals surface area contributed by atoms with E-state index in [1.165, 1.54) is 0 Å². The third-order valence-electron chi connectivity index (χ3n) is 2.03. The molecule has 1 aromatic heterocycles. The average molecular weight is 240 g/mol. The molecule has 0 aliphatic rings. The zero-order chi connectivity index (χ0) is 12.2. The Hall–Kier alpha value is -0.740. The topological polar surface area (TPSA) is 59.1 Å². The van der Waals surface area contributed by atoms with Gasteiger partial charge in [-0.1, -0.05) is 20.8 Å². The maximum Gasteiger partial charge on any atom is 0.123 e. The highest BCUT2D eigenvalue weighted by molar-refractivity contribution is 8.00. The van der Waals surface area contributed by atoms with Crippen LogP contribution in [0.5, 0.6) is 0 Å². The summed E-state index contributed by atoms with van der Waals surface area (Å²) >= 11 is 1.77. The Morgan fingerprint density at radius 3 is 2.75 bits per heavy atom. The number of anilines is 1. The summed E-state index contributed by atoms with van der Waals surface area (Å²) in [6.07, 6.45) is 1.98. The molecule has 0 spiro atoms. The predicted octanol–water partition coefficient (Wildman–Crippen LogP) is 2.10. The quantitative estimate of drug-likeness (QED) is 0.846. The zero-order valence-electron chi connectivity index (χ0n) is 10.1. The second kappa shape index (κ2) is 5.55. The van der Waals surface area contributed by atoms with Crippen LogP contribution in [0.3, 0.4) is 0 Å². The number of pyridine rings is 1. The first kappa shape index (κ1) is 13.3. The van der Waals surface area contributed by atoms with Crippen molar-refractivity contribution < 1.29 is 5.11 Å². The van der Waals surface area contributed by atoms with Crippen LogP contribution in [0.4, 0.5) is 5.82 Å². The number of nitrogens with zero attached hydrogens (tertiary/aromatic N) is 1. The molecule has 1 heterocycles. The van der Waals surface area contributed by atoms with Crippen molar-refractivity contribution in [2.24, 2.45) is 0 Å². The number of aliphatic hydroxyl groups is 1. The van der Waals surface area contributed by atoms with Crippen LogP contribution in [0.1, 0.15) is 26.3 Å². The largest absolute Gasteiger partial charge is 0.392 e. The van der Waals surface area contributed by atoms with E-state index in [0.717, 1.165) is 11.3 Å². The van der Waals surface area contributed by atoms with Crippen LogP contribution in [-0.2, 0) is 6.42 Å². The highest BCUT2D eigenvalue weighted by Crippen LogP contribution is 2.24. The van der Waals surface area contributed by atoms with E-state index in [1.54, 1.807) is 18.0 Å². The van der Waals surface area contributed by atoms with Crippen LogP contribution >= 0.6 is 11.8 Å². The van der Waals surface area contributed by atoms with Crippen LogP contribution in [0.15, 0.2) is 18.3 Å². The fourth-order valence-corrected chi connectivity index (χ4v) is 2.11. The second-order valence-corrected chi connectivity index (χ2v) is 6.72. The van der Waals surface area contributed by atoms with E-state index in [-0.39, 0.29) is 10.9 Å². The smallest absolute Gasteiger partial charge is 0.123 e. The third-order valence-corrected chi connectivity index (χ3v) is 3.44. The monoisotopic (exact) mass is 240 g/mol. The fourth-order valence-electron chi connectivity index (χ4n) is 1.30. The van der Waals surface area contributed by atoms with E-state index in [2.05, 4.69) is 25.8 Å². The summed E-state index contributed by atoms with van der Waals surface area (Å²) in [7, 11) is 0. The Labute approximate surface area is 101 Å². The van der Waals surface area contributed by atoms with Crippen molar-refractivity contribution in [1.29, 1.82) is 0 Å². The van der Waals surface area contributed by atoms with E-state index in [9.17, 15) is 5.11 Å². The van der Waals surface area contributed by atoms with E-state index >= 15 is 0 Å². The van der Waals surface area contributed by atoms with Gasteiger partial charge < -0.3 is 10.8 Å². The van der Waals surface area contributed by atoms with Crippen molar-refractivity contribution in [3.8, 4) is 0 Å². The molecule has 16 heavy (non-hydrogen) atoms. The van der Waals surface area contributed by atoms with E-state index < -0.39 is 0 Å². The van der Waals surface area contributed by atoms with Crippen molar-refractivity contribution in [3.05, 3.63) is 23.9 Å². The lowest BCUT2D eigenvalue weighted by Gasteiger charge is -2.20. The maximum absolute atomic E-state index is 9.87. The van der Waals surface area contributed by atoms with Crippen molar-refractivity contribution in [1.82, 2.24) is 4.98 Å². The summed E-state index contributed by atoms with van der Waals surface area (Å²) in [6, 6.07) is 3.70. The molecule has 1 unspecified atom stereocenters. The van der Waals surface area contributed by atoms with E-state index in [0.29, 0.717) is 12.2 Å². The molecule has 0 aliphatic heterocycles. The minimum absolute atomic E-state index is 0.193. The van der Waals surface area contributed by atoms with Gasteiger partial charge in [-0.3, -0.25) is 0 Å². The summed E-state index contributed by atoms with van der Waals surface area (Å²) in [5.74, 6) is 1.25. The van der Waals surface area contributed by atoms with Crippen LogP contribution in [0.25, 0.3) is 0 Å². The number of aliphatic hydroxyl groups excluding tert-OH is 1. The Morgan fingerprint density at radius 1 is 1.50 bits per heavy atom. The molecule has 90 valence electrons. The number of rotatable bonds is 4. The predicted molar refractivity (Wildman–Crippen MR) is 70.6 cm³/mol. The number of nitrogen functional groups attached to an aromatic ring is 1. The van der Waals surface area contributed by atoms with Crippen LogP contribution in [0.2, 0.25) is 0 Å². The van der Waals surface area contributed by atoms with Gasteiger partial charge in [-0.15, -0.1) is 0 Å². The molecule has 0 saturated heterocycles. The van der Waals surface area contributed by atoms with Crippen molar-refractivity contribution in [2.75, 3.05) is 11.5 Å². The number of hydrogen-bond acceptors (Lipinski definition) is 4. The van der Waals surface area contributed by atoms with Gasteiger partial charge in [-0.2, -0.15) is 11.8 Å². The number of nitrogens with two attached hydrogens (primary N) is 1. The van der Waals surface area contributed by atoms with Gasteiger partial charge >= 0.3 is 0 Å². The first-order valence-electron chi connectivity index (χ1n) is 5.39. The van der Waals surface area contributed by atoms with Crippen molar-refractivity contribution in [2.45, 2.75) is 38.0 Å². The molecule has 0 aliphatic carbocycles. The number of thioether (sulfide) groups is 1. The van der Waals surface area contributed by atoms with Gasteiger partial charge in [0.1, 0.15) is 5.82 Å². The van der Waals surface area contributed by atoms with Crippen LogP contribution < -0.4 is 5.73 Å². The van der Waals surface area contributed by atoms with Crippen molar-refractivity contribution in [3.63, 3.8) is 0 Å². The lowest BCUT2D eigenvalue weighted by atomic mass is 10.1. The second-order valence-electron chi connectivity index (χ2n) is 4.87. The Bertz CT molecular complexity index is 336. The molecule has 0 aromatic carbocycles. The van der Waals surface area contributed by atoms with Crippen LogP contribution in [0, 0.1) is 0 Å². The average Bonchev–Trinajstić information content (AvgIpc) is 2.14. The summed E-state index contributed by atoms with van der Waals surface area (Å²) in [5.41, 5.74) is 6.62. The Balaban J connectivity index is 2.43. The molecule has 4 heteroatoms. The summed E-state index contributed by atoms with van der Waals surface area (Å²) in [6.45, 7) is 6.44. The lowest BCUT2D eigenvalue weighted by molar-refractivity contribution is 0.200. The molecule has 1 aromatic rings. The maximum atomic E-state index is 9.87.